The first kappa shape index (κ1) is 13.9. The average molecular weight is 265 g/mol. The standard InChI is InChI=1S/C15H23NOS/c16-15(12-17,13-6-2-1-3-7-13)10-11-18-14-8-4-5-9-14/h1-3,6-7,14,17H,4-5,8-12,16H2. The van der Waals surface area contributed by atoms with E-state index in [4.69, 9.17) is 5.73 Å². The molecule has 3 N–H and O–H groups in total. The van der Waals surface area contributed by atoms with Crippen molar-refractivity contribution in [3.05, 3.63) is 35.9 Å². The second-order valence-electron chi connectivity index (χ2n) is 5.21. The second kappa shape index (κ2) is 6.60. The lowest BCUT2D eigenvalue weighted by Crippen LogP contribution is -2.41. The molecular formula is C15H23NOS. The van der Waals surface area contributed by atoms with Crippen molar-refractivity contribution >= 4 is 11.8 Å². The van der Waals surface area contributed by atoms with E-state index in [0.717, 1.165) is 23.0 Å². The molecule has 1 aliphatic rings. The zero-order chi connectivity index (χ0) is 12.8. The van der Waals surface area contributed by atoms with Gasteiger partial charge in [-0.3, -0.25) is 0 Å². The van der Waals surface area contributed by atoms with Gasteiger partial charge in [0.25, 0.3) is 0 Å². The molecule has 1 aromatic carbocycles. The smallest absolute Gasteiger partial charge is 0.0653 e. The monoisotopic (exact) mass is 265 g/mol. The molecule has 0 amide bonds. The molecule has 0 heterocycles. The van der Waals surface area contributed by atoms with Gasteiger partial charge in [0, 0.05) is 5.25 Å². The molecule has 0 aliphatic heterocycles. The predicted octanol–water partition coefficient (Wildman–Crippen LogP) is 2.90. The number of aliphatic hydroxyl groups is 1. The van der Waals surface area contributed by atoms with Gasteiger partial charge in [-0.2, -0.15) is 11.8 Å². The highest BCUT2D eigenvalue weighted by Crippen LogP contribution is 2.32. The molecule has 18 heavy (non-hydrogen) atoms. The third kappa shape index (κ3) is 3.50. The minimum atomic E-state index is -0.577. The van der Waals surface area contributed by atoms with Crippen LogP contribution < -0.4 is 5.73 Å². The fourth-order valence-electron chi connectivity index (χ4n) is 2.55. The Hall–Kier alpha value is -0.510. The summed E-state index contributed by atoms with van der Waals surface area (Å²) < 4.78 is 0. The summed E-state index contributed by atoms with van der Waals surface area (Å²) in [5.41, 5.74) is 6.80. The molecule has 1 atom stereocenters. The van der Waals surface area contributed by atoms with Crippen molar-refractivity contribution in [3.8, 4) is 0 Å². The Morgan fingerprint density at radius 3 is 2.50 bits per heavy atom. The van der Waals surface area contributed by atoms with E-state index < -0.39 is 5.54 Å². The van der Waals surface area contributed by atoms with Gasteiger partial charge in [-0.15, -0.1) is 0 Å². The van der Waals surface area contributed by atoms with Crippen LogP contribution in [0.15, 0.2) is 30.3 Å². The van der Waals surface area contributed by atoms with E-state index in [0.29, 0.717) is 0 Å². The average Bonchev–Trinajstić information content (AvgIpc) is 2.93. The quantitative estimate of drug-likeness (QED) is 0.831. The number of thioether (sulfide) groups is 1. The first-order valence-electron chi connectivity index (χ1n) is 6.81. The Morgan fingerprint density at radius 2 is 1.89 bits per heavy atom. The molecule has 0 radical (unpaired) electrons. The minimum Gasteiger partial charge on any atom is -0.394 e. The van der Waals surface area contributed by atoms with Crippen LogP contribution in [0.2, 0.25) is 0 Å². The second-order valence-corrected chi connectivity index (χ2v) is 6.62. The van der Waals surface area contributed by atoms with Crippen molar-refractivity contribution in [1.82, 2.24) is 0 Å². The summed E-state index contributed by atoms with van der Waals surface area (Å²) in [4.78, 5) is 0. The van der Waals surface area contributed by atoms with Crippen molar-refractivity contribution in [2.24, 2.45) is 5.73 Å². The number of nitrogens with two attached hydrogens (primary N) is 1. The van der Waals surface area contributed by atoms with Crippen LogP contribution >= 0.6 is 11.8 Å². The number of aliphatic hydroxyl groups excluding tert-OH is 1. The van der Waals surface area contributed by atoms with Crippen LogP contribution in [0.4, 0.5) is 0 Å². The first-order chi connectivity index (χ1) is 8.74. The molecule has 0 bridgehead atoms. The molecule has 0 spiro atoms. The Balaban J connectivity index is 1.87. The fraction of sp³-hybridized carbons (Fsp3) is 0.600. The molecular weight excluding hydrogens is 242 g/mol. The van der Waals surface area contributed by atoms with Crippen LogP contribution in [0, 0.1) is 0 Å². The first-order valence-corrected chi connectivity index (χ1v) is 7.86. The van der Waals surface area contributed by atoms with Crippen LogP contribution in [0.1, 0.15) is 37.7 Å². The van der Waals surface area contributed by atoms with Crippen LogP contribution in [-0.4, -0.2) is 22.7 Å². The van der Waals surface area contributed by atoms with Gasteiger partial charge < -0.3 is 10.8 Å². The fourth-order valence-corrected chi connectivity index (χ4v) is 4.03. The van der Waals surface area contributed by atoms with Gasteiger partial charge in [0.1, 0.15) is 0 Å². The molecule has 100 valence electrons. The SMILES string of the molecule is NC(CO)(CCSC1CCCC1)c1ccccc1. The van der Waals surface area contributed by atoms with E-state index >= 15 is 0 Å². The Bertz CT molecular complexity index is 351. The molecule has 1 fully saturated rings. The Kier molecular flexibility index (Phi) is 5.10. The topological polar surface area (TPSA) is 46.2 Å². The van der Waals surface area contributed by atoms with Crippen LogP contribution in [0.5, 0.6) is 0 Å². The summed E-state index contributed by atoms with van der Waals surface area (Å²) in [7, 11) is 0. The van der Waals surface area contributed by atoms with Crippen molar-refractivity contribution in [2.75, 3.05) is 12.4 Å². The molecule has 3 heteroatoms. The molecule has 1 aromatic rings. The molecule has 2 rings (SSSR count). The summed E-state index contributed by atoms with van der Waals surface area (Å²) >= 11 is 2.03. The van der Waals surface area contributed by atoms with Gasteiger partial charge in [-0.05, 0) is 30.6 Å². The van der Waals surface area contributed by atoms with Crippen molar-refractivity contribution in [3.63, 3.8) is 0 Å². The van der Waals surface area contributed by atoms with Gasteiger partial charge in [0.2, 0.25) is 0 Å². The molecule has 0 aromatic heterocycles. The highest BCUT2D eigenvalue weighted by molar-refractivity contribution is 7.99. The highest BCUT2D eigenvalue weighted by Gasteiger charge is 2.26. The van der Waals surface area contributed by atoms with Gasteiger partial charge in [0.15, 0.2) is 0 Å². The minimum absolute atomic E-state index is 0.0161. The summed E-state index contributed by atoms with van der Waals surface area (Å²) in [5.74, 6) is 1.04. The van der Waals surface area contributed by atoms with E-state index in [2.05, 4.69) is 0 Å². The third-order valence-corrected chi connectivity index (χ3v) is 5.22. The van der Waals surface area contributed by atoms with Crippen molar-refractivity contribution < 1.29 is 5.11 Å². The maximum Gasteiger partial charge on any atom is 0.0653 e. The maximum atomic E-state index is 9.60. The lowest BCUT2D eigenvalue weighted by Gasteiger charge is -2.28. The third-order valence-electron chi connectivity index (χ3n) is 3.83. The van der Waals surface area contributed by atoms with E-state index in [-0.39, 0.29) is 6.61 Å². The molecule has 1 saturated carbocycles. The van der Waals surface area contributed by atoms with Gasteiger partial charge in [0.05, 0.1) is 12.1 Å². The van der Waals surface area contributed by atoms with Crippen LogP contribution in [0.3, 0.4) is 0 Å². The number of hydrogen-bond acceptors (Lipinski definition) is 3. The Morgan fingerprint density at radius 1 is 1.22 bits per heavy atom. The lowest BCUT2D eigenvalue weighted by molar-refractivity contribution is 0.193. The lowest BCUT2D eigenvalue weighted by atomic mass is 9.89. The van der Waals surface area contributed by atoms with Crippen molar-refractivity contribution in [2.45, 2.75) is 42.9 Å². The van der Waals surface area contributed by atoms with E-state index in [1.165, 1.54) is 25.7 Å². The van der Waals surface area contributed by atoms with E-state index in [1.807, 2.05) is 42.1 Å². The zero-order valence-corrected chi connectivity index (χ0v) is 11.7. The summed E-state index contributed by atoms with van der Waals surface area (Å²) in [6.07, 6.45) is 6.31. The molecule has 2 nitrogen and oxygen atoms in total. The normalized spacial score (nSPS) is 19.9. The maximum absolute atomic E-state index is 9.60. The van der Waals surface area contributed by atoms with E-state index in [1.54, 1.807) is 0 Å². The van der Waals surface area contributed by atoms with E-state index in [9.17, 15) is 5.11 Å². The number of benzene rings is 1. The summed E-state index contributed by atoms with van der Waals surface area (Å²) in [6, 6.07) is 9.97. The van der Waals surface area contributed by atoms with Crippen LogP contribution in [-0.2, 0) is 5.54 Å². The highest BCUT2D eigenvalue weighted by atomic mass is 32.2. The molecule has 1 unspecified atom stereocenters. The van der Waals surface area contributed by atoms with Gasteiger partial charge in [-0.1, -0.05) is 43.2 Å². The van der Waals surface area contributed by atoms with Crippen molar-refractivity contribution in [1.29, 1.82) is 0 Å². The predicted molar refractivity (Wildman–Crippen MR) is 78.7 cm³/mol. The molecule has 1 aliphatic carbocycles. The van der Waals surface area contributed by atoms with Crippen LogP contribution in [0.25, 0.3) is 0 Å². The largest absolute Gasteiger partial charge is 0.394 e. The van der Waals surface area contributed by atoms with Gasteiger partial charge in [-0.25, -0.2) is 0 Å². The number of rotatable bonds is 6. The van der Waals surface area contributed by atoms with Gasteiger partial charge >= 0.3 is 0 Å². The zero-order valence-electron chi connectivity index (χ0n) is 10.8. The Labute approximate surface area is 114 Å². The summed E-state index contributed by atoms with van der Waals surface area (Å²) in [5, 5.41) is 10.4. The summed E-state index contributed by atoms with van der Waals surface area (Å²) in [6.45, 7) is 0.0161. The molecule has 0 saturated heterocycles. The number of hydrogen-bond donors (Lipinski definition) is 2.